The van der Waals surface area contributed by atoms with Gasteiger partial charge in [-0.3, -0.25) is 4.90 Å². The lowest BCUT2D eigenvalue weighted by atomic mass is 9.97. The van der Waals surface area contributed by atoms with E-state index in [1.165, 1.54) is 58.2 Å². The first-order valence-electron chi connectivity index (χ1n) is 7.93. The highest BCUT2D eigenvalue weighted by molar-refractivity contribution is 4.83. The zero-order valence-electron chi connectivity index (χ0n) is 12.0. The Labute approximate surface area is 112 Å². The first kappa shape index (κ1) is 14.3. The van der Waals surface area contributed by atoms with Crippen LogP contribution in [-0.2, 0) is 4.74 Å². The minimum atomic E-state index is 0.713. The normalized spacial score (nSPS) is 25.2. The molecule has 18 heavy (non-hydrogen) atoms. The van der Waals surface area contributed by atoms with Gasteiger partial charge in [0.2, 0.25) is 0 Å². The number of ether oxygens (including phenoxy) is 1. The van der Waals surface area contributed by atoms with Gasteiger partial charge in [0.25, 0.3) is 0 Å². The zero-order chi connectivity index (χ0) is 12.6. The maximum absolute atomic E-state index is 5.55. The van der Waals surface area contributed by atoms with Crippen molar-refractivity contribution in [2.75, 3.05) is 39.4 Å². The number of hydrogen-bond donors (Lipinski definition) is 1. The topological polar surface area (TPSA) is 24.5 Å². The number of rotatable bonds is 6. The third-order valence-electron chi connectivity index (χ3n) is 4.40. The van der Waals surface area contributed by atoms with E-state index in [-0.39, 0.29) is 0 Å². The van der Waals surface area contributed by atoms with Crippen molar-refractivity contribution in [1.82, 2.24) is 10.2 Å². The highest BCUT2D eigenvalue weighted by atomic mass is 16.5. The van der Waals surface area contributed by atoms with Gasteiger partial charge in [-0.2, -0.15) is 0 Å². The van der Waals surface area contributed by atoms with Gasteiger partial charge in [-0.15, -0.1) is 0 Å². The lowest BCUT2D eigenvalue weighted by molar-refractivity contribution is 0.137. The van der Waals surface area contributed by atoms with Crippen molar-refractivity contribution in [2.45, 2.75) is 51.5 Å². The predicted octanol–water partition coefficient (Wildman–Crippen LogP) is 2.27. The quantitative estimate of drug-likeness (QED) is 0.787. The summed E-state index contributed by atoms with van der Waals surface area (Å²) in [6, 6.07) is 0.713. The average Bonchev–Trinajstić information content (AvgIpc) is 2.80. The van der Waals surface area contributed by atoms with Crippen LogP contribution in [0.4, 0.5) is 0 Å². The molecule has 0 amide bonds. The second-order valence-electron chi connectivity index (χ2n) is 5.87. The van der Waals surface area contributed by atoms with Gasteiger partial charge in [0.05, 0.1) is 6.61 Å². The van der Waals surface area contributed by atoms with E-state index < -0.39 is 0 Å². The van der Waals surface area contributed by atoms with Crippen LogP contribution in [0.5, 0.6) is 0 Å². The molecule has 1 aliphatic carbocycles. The minimum absolute atomic E-state index is 0.713. The van der Waals surface area contributed by atoms with Gasteiger partial charge < -0.3 is 10.1 Å². The molecule has 1 saturated heterocycles. The summed E-state index contributed by atoms with van der Waals surface area (Å²) in [5, 5.41) is 3.80. The molecule has 3 heteroatoms. The fourth-order valence-corrected chi connectivity index (χ4v) is 3.33. The molecule has 2 aliphatic rings. The van der Waals surface area contributed by atoms with Gasteiger partial charge in [-0.1, -0.05) is 19.8 Å². The molecule has 2 rings (SSSR count). The molecule has 1 N–H and O–H groups in total. The predicted molar refractivity (Wildman–Crippen MR) is 75.9 cm³/mol. The molecular weight excluding hydrogens is 224 g/mol. The highest BCUT2D eigenvalue weighted by Crippen LogP contribution is 2.28. The summed E-state index contributed by atoms with van der Waals surface area (Å²) in [7, 11) is 0. The maximum Gasteiger partial charge on any atom is 0.0593 e. The molecule has 0 aromatic rings. The SMILES string of the molecule is CCCNC(CN1CCCOCC1)C1CCCC1. The van der Waals surface area contributed by atoms with Crippen LogP contribution in [0.2, 0.25) is 0 Å². The van der Waals surface area contributed by atoms with Crippen molar-refractivity contribution in [3.05, 3.63) is 0 Å². The number of nitrogens with zero attached hydrogens (tertiary/aromatic N) is 1. The van der Waals surface area contributed by atoms with Crippen LogP contribution in [0.25, 0.3) is 0 Å². The van der Waals surface area contributed by atoms with Gasteiger partial charge >= 0.3 is 0 Å². The van der Waals surface area contributed by atoms with E-state index in [0.29, 0.717) is 6.04 Å². The van der Waals surface area contributed by atoms with Crippen molar-refractivity contribution in [3.63, 3.8) is 0 Å². The highest BCUT2D eigenvalue weighted by Gasteiger charge is 2.26. The Bertz CT molecular complexity index is 209. The van der Waals surface area contributed by atoms with Crippen molar-refractivity contribution in [3.8, 4) is 0 Å². The molecule has 3 nitrogen and oxygen atoms in total. The number of hydrogen-bond acceptors (Lipinski definition) is 3. The maximum atomic E-state index is 5.55. The lowest BCUT2D eigenvalue weighted by Gasteiger charge is -2.30. The molecule has 1 unspecified atom stereocenters. The van der Waals surface area contributed by atoms with Crippen LogP contribution in [0.15, 0.2) is 0 Å². The van der Waals surface area contributed by atoms with E-state index in [1.54, 1.807) is 0 Å². The second-order valence-corrected chi connectivity index (χ2v) is 5.87. The smallest absolute Gasteiger partial charge is 0.0593 e. The second kappa shape index (κ2) is 8.13. The van der Waals surface area contributed by atoms with E-state index in [4.69, 9.17) is 4.74 Å². The fraction of sp³-hybridized carbons (Fsp3) is 1.00. The van der Waals surface area contributed by atoms with E-state index in [0.717, 1.165) is 25.7 Å². The van der Waals surface area contributed by atoms with Crippen LogP contribution in [0.3, 0.4) is 0 Å². The van der Waals surface area contributed by atoms with Crippen molar-refractivity contribution >= 4 is 0 Å². The molecule has 2 fully saturated rings. The van der Waals surface area contributed by atoms with Crippen LogP contribution in [0.1, 0.15) is 45.4 Å². The number of nitrogens with one attached hydrogen (secondary N) is 1. The molecule has 0 spiro atoms. The Kier molecular flexibility index (Phi) is 6.46. The Morgan fingerprint density at radius 1 is 1.17 bits per heavy atom. The molecule has 106 valence electrons. The van der Waals surface area contributed by atoms with Crippen LogP contribution in [-0.4, -0.2) is 50.3 Å². The zero-order valence-corrected chi connectivity index (χ0v) is 12.0. The summed E-state index contributed by atoms with van der Waals surface area (Å²) in [6.07, 6.45) is 8.20. The Morgan fingerprint density at radius 3 is 2.78 bits per heavy atom. The van der Waals surface area contributed by atoms with Gasteiger partial charge in [0.1, 0.15) is 0 Å². The largest absolute Gasteiger partial charge is 0.380 e. The molecule has 0 aromatic heterocycles. The third kappa shape index (κ3) is 4.52. The Balaban J connectivity index is 1.82. The van der Waals surface area contributed by atoms with E-state index >= 15 is 0 Å². The monoisotopic (exact) mass is 254 g/mol. The van der Waals surface area contributed by atoms with Gasteiger partial charge in [0, 0.05) is 32.3 Å². The fourth-order valence-electron chi connectivity index (χ4n) is 3.33. The summed E-state index contributed by atoms with van der Waals surface area (Å²) in [5.41, 5.74) is 0. The van der Waals surface area contributed by atoms with Gasteiger partial charge in [-0.05, 0) is 38.1 Å². The van der Waals surface area contributed by atoms with Crippen molar-refractivity contribution < 1.29 is 4.74 Å². The summed E-state index contributed by atoms with van der Waals surface area (Å²) < 4.78 is 5.55. The molecule has 0 aromatic carbocycles. The Hall–Kier alpha value is -0.120. The van der Waals surface area contributed by atoms with E-state index in [1.807, 2.05) is 0 Å². The van der Waals surface area contributed by atoms with Crippen LogP contribution in [0, 0.1) is 5.92 Å². The molecule has 1 heterocycles. The average molecular weight is 254 g/mol. The van der Waals surface area contributed by atoms with E-state index in [9.17, 15) is 0 Å². The summed E-state index contributed by atoms with van der Waals surface area (Å²) in [4.78, 5) is 2.61. The van der Waals surface area contributed by atoms with Crippen molar-refractivity contribution in [1.29, 1.82) is 0 Å². The molecule has 1 saturated carbocycles. The van der Waals surface area contributed by atoms with Crippen LogP contribution < -0.4 is 5.32 Å². The van der Waals surface area contributed by atoms with Gasteiger partial charge in [-0.25, -0.2) is 0 Å². The summed E-state index contributed by atoms with van der Waals surface area (Å²) in [5.74, 6) is 0.917. The summed E-state index contributed by atoms with van der Waals surface area (Å²) in [6.45, 7) is 8.88. The molecular formula is C15H30N2O. The minimum Gasteiger partial charge on any atom is -0.380 e. The van der Waals surface area contributed by atoms with Crippen molar-refractivity contribution in [2.24, 2.45) is 5.92 Å². The lowest BCUT2D eigenvalue weighted by Crippen LogP contribution is -2.46. The third-order valence-corrected chi connectivity index (χ3v) is 4.40. The summed E-state index contributed by atoms with van der Waals surface area (Å²) >= 11 is 0. The molecule has 0 radical (unpaired) electrons. The molecule has 1 aliphatic heterocycles. The van der Waals surface area contributed by atoms with Crippen LogP contribution >= 0.6 is 0 Å². The first-order valence-corrected chi connectivity index (χ1v) is 7.93. The van der Waals surface area contributed by atoms with Gasteiger partial charge in [0.15, 0.2) is 0 Å². The first-order chi connectivity index (χ1) is 8.90. The standard InChI is InChI=1S/C15H30N2O/c1-2-8-16-15(14-6-3-4-7-14)13-17-9-5-11-18-12-10-17/h14-16H,2-13H2,1H3. The Morgan fingerprint density at radius 2 is 2.00 bits per heavy atom. The molecule has 1 atom stereocenters. The molecule has 0 bridgehead atoms. The van der Waals surface area contributed by atoms with E-state index in [2.05, 4.69) is 17.1 Å².